The van der Waals surface area contributed by atoms with Crippen molar-refractivity contribution >= 4 is 23.1 Å². The minimum Gasteiger partial charge on any atom is -0.381 e. The van der Waals surface area contributed by atoms with E-state index in [1.807, 2.05) is 35.9 Å². The van der Waals surface area contributed by atoms with Gasteiger partial charge in [-0.2, -0.15) is 0 Å². The first-order valence-corrected chi connectivity index (χ1v) is 6.36. The van der Waals surface area contributed by atoms with Crippen LogP contribution in [-0.4, -0.2) is 24.4 Å². The normalized spacial score (nSPS) is 11.3. The zero-order valence-corrected chi connectivity index (χ0v) is 11.2. The molecule has 0 saturated carbocycles. The summed E-state index contributed by atoms with van der Waals surface area (Å²) in [6.45, 7) is 2.57. The molecule has 0 spiro atoms. The summed E-state index contributed by atoms with van der Waals surface area (Å²) in [6, 6.07) is 3.70. The van der Waals surface area contributed by atoms with Gasteiger partial charge in [-0.3, -0.25) is 0 Å². The summed E-state index contributed by atoms with van der Waals surface area (Å²) in [7, 11) is 0. The Labute approximate surface area is 114 Å². The molecular weight excluding hydrogens is 264 g/mol. The highest BCUT2D eigenvalue weighted by atomic mass is 35.5. The van der Waals surface area contributed by atoms with Crippen LogP contribution < -0.4 is 5.73 Å². The smallest absolute Gasteiger partial charge is 0.169 e. The highest BCUT2D eigenvalue weighted by Crippen LogP contribution is 2.14. The maximum atomic E-state index is 5.95. The summed E-state index contributed by atoms with van der Waals surface area (Å²) in [5.41, 5.74) is 8.43. The van der Waals surface area contributed by atoms with Gasteiger partial charge < -0.3 is 10.1 Å². The average molecular weight is 277 g/mol. The molecule has 0 fully saturated rings. The number of nitrogens with zero attached hydrogens (tertiary/aromatic N) is 5. The molecule has 3 heterocycles. The molecule has 0 amide bonds. The summed E-state index contributed by atoms with van der Waals surface area (Å²) in [5.74, 6) is 0.481. The molecule has 0 atom stereocenters. The van der Waals surface area contributed by atoms with Gasteiger partial charge in [0.05, 0.1) is 23.0 Å². The number of hydrogen-bond acceptors (Lipinski definition) is 4. The van der Waals surface area contributed by atoms with Gasteiger partial charge in [0.1, 0.15) is 5.65 Å². The van der Waals surface area contributed by atoms with Crippen molar-refractivity contribution in [1.29, 1.82) is 0 Å². The molecule has 6 nitrogen and oxygen atoms in total. The van der Waals surface area contributed by atoms with E-state index in [1.165, 1.54) is 0 Å². The Morgan fingerprint density at radius 1 is 1.32 bits per heavy atom. The Morgan fingerprint density at radius 2 is 2.16 bits per heavy atom. The Kier molecular flexibility index (Phi) is 2.87. The molecule has 3 aromatic rings. The van der Waals surface area contributed by atoms with Gasteiger partial charge in [-0.15, -0.1) is 5.10 Å². The van der Waals surface area contributed by atoms with Crippen LogP contribution in [0.1, 0.15) is 18.3 Å². The second-order valence-electron chi connectivity index (χ2n) is 4.28. The lowest BCUT2D eigenvalue weighted by Gasteiger charge is -2.01. The van der Waals surface area contributed by atoms with Gasteiger partial charge in [0, 0.05) is 12.4 Å². The van der Waals surface area contributed by atoms with Crippen LogP contribution in [0.3, 0.4) is 0 Å². The Morgan fingerprint density at radius 3 is 2.95 bits per heavy atom. The minimum atomic E-state index is 0.481. The molecule has 0 radical (unpaired) electrons. The van der Waals surface area contributed by atoms with Gasteiger partial charge in [-0.05, 0) is 18.6 Å². The third-order valence-electron chi connectivity index (χ3n) is 2.98. The van der Waals surface area contributed by atoms with Crippen molar-refractivity contribution in [3.05, 3.63) is 40.9 Å². The van der Waals surface area contributed by atoms with E-state index >= 15 is 0 Å². The first kappa shape index (κ1) is 12.0. The second kappa shape index (κ2) is 4.55. The number of nitrogen functional groups attached to an aromatic ring is 1. The quantitative estimate of drug-likeness (QED) is 0.791. The maximum absolute atomic E-state index is 5.95. The number of fused-ring (bicyclic) bond motifs is 1. The highest BCUT2D eigenvalue weighted by Gasteiger charge is 2.10. The predicted octanol–water partition coefficient (Wildman–Crippen LogP) is 1.77. The Balaban J connectivity index is 1.96. The molecule has 0 saturated heterocycles. The molecule has 19 heavy (non-hydrogen) atoms. The molecule has 7 heteroatoms. The summed E-state index contributed by atoms with van der Waals surface area (Å²) in [5, 5.41) is 8.60. The molecular formula is C12H13ClN6. The van der Waals surface area contributed by atoms with Crippen LogP contribution in [0.15, 0.2) is 24.5 Å². The number of halogens is 1. The number of aromatic nitrogens is 5. The summed E-state index contributed by atoms with van der Waals surface area (Å²) >= 11 is 5.95. The van der Waals surface area contributed by atoms with Gasteiger partial charge in [-0.1, -0.05) is 23.7 Å². The fraction of sp³-hybridized carbons (Fsp3) is 0.250. The lowest BCUT2D eigenvalue weighted by molar-refractivity contribution is 0.614. The number of anilines is 1. The van der Waals surface area contributed by atoms with Crippen molar-refractivity contribution in [2.24, 2.45) is 0 Å². The Hall–Kier alpha value is -2.08. The first-order valence-electron chi connectivity index (χ1n) is 5.98. The third kappa shape index (κ3) is 2.15. The zero-order valence-electron chi connectivity index (χ0n) is 10.4. The van der Waals surface area contributed by atoms with Crippen LogP contribution in [0.25, 0.3) is 5.65 Å². The van der Waals surface area contributed by atoms with E-state index in [-0.39, 0.29) is 0 Å². The van der Waals surface area contributed by atoms with E-state index in [9.17, 15) is 0 Å². The van der Waals surface area contributed by atoms with E-state index in [0.29, 0.717) is 17.4 Å². The van der Waals surface area contributed by atoms with Crippen molar-refractivity contribution in [2.75, 3.05) is 5.73 Å². The van der Waals surface area contributed by atoms with Crippen molar-refractivity contribution in [3.63, 3.8) is 0 Å². The molecule has 3 rings (SSSR count). The number of hydrogen-bond donors (Lipinski definition) is 1. The molecule has 2 N–H and O–H groups in total. The SMILES string of the molecule is CCc1c(N)nnn1Cc1cn2cc(Cl)ccc2n1. The average Bonchev–Trinajstić information content (AvgIpc) is 2.92. The molecule has 0 aliphatic heterocycles. The number of pyridine rings is 1. The van der Waals surface area contributed by atoms with Crippen LogP contribution in [0.2, 0.25) is 5.02 Å². The van der Waals surface area contributed by atoms with Crippen LogP contribution in [0.5, 0.6) is 0 Å². The van der Waals surface area contributed by atoms with Crippen molar-refractivity contribution < 1.29 is 0 Å². The molecule has 3 aromatic heterocycles. The molecule has 0 bridgehead atoms. The standard InChI is InChI=1S/C12H13ClN6/c1-2-10-12(14)16-17-19(10)7-9-6-18-5-8(13)3-4-11(18)15-9/h3-6H,2,7,14H2,1H3. The highest BCUT2D eigenvalue weighted by molar-refractivity contribution is 6.30. The monoisotopic (exact) mass is 276 g/mol. The number of nitrogens with two attached hydrogens (primary N) is 1. The lowest BCUT2D eigenvalue weighted by Crippen LogP contribution is -2.06. The van der Waals surface area contributed by atoms with Gasteiger partial charge in [0.25, 0.3) is 0 Å². The van der Waals surface area contributed by atoms with E-state index in [0.717, 1.165) is 23.5 Å². The molecule has 0 aliphatic carbocycles. The van der Waals surface area contributed by atoms with Crippen molar-refractivity contribution in [1.82, 2.24) is 24.4 Å². The van der Waals surface area contributed by atoms with E-state index in [2.05, 4.69) is 15.3 Å². The summed E-state index contributed by atoms with van der Waals surface area (Å²) in [6.07, 6.45) is 4.54. The van der Waals surface area contributed by atoms with Gasteiger partial charge in [0.2, 0.25) is 0 Å². The summed E-state index contributed by atoms with van der Waals surface area (Å²) < 4.78 is 3.67. The minimum absolute atomic E-state index is 0.481. The second-order valence-corrected chi connectivity index (χ2v) is 4.71. The van der Waals surface area contributed by atoms with Crippen LogP contribution >= 0.6 is 11.6 Å². The fourth-order valence-electron chi connectivity index (χ4n) is 2.08. The Bertz CT molecular complexity index is 729. The van der Waals surface area contributed by atoms with Crippen LogP contribution in [0.4, 0.5) is 5.82 Å². The molecule has 98 valence electrons. The largest absolute Gasteiger partial charge is 0.381 e. The molecule has 0 aliphatic rings. The maximum Gasteiger partial charge on any atom is 0.169 e. The van der Waals surface area contributed by atoms with E-state index < -0.39 is 0 Å². The fourth-order valence-corrected chi connectivity index (χ4v) is 2.25. The van der Waals surface area contributed by atoms with Crippen molar-refractivity contribution in [2.45, 2.75) is 19.9 Å². The predicted molar refractivity (Wildman–Crippen MR) is 73.1 cm³/mol. The lowest BCUT2D eigenvalue weighted by atomic mass is 10.3. The number of rotatable bonds is 3. The first-order chi connectivity index (χ1) is 9.17. The molecule has 0 aromatic carbocycles. The third-order valence-corrected chi connectivity index (χ3v) is 3.20. The van der Waals surface area contributed by atoms with Crippen LogP contribution in [0, 0.1) is 0 Å². The summed E-state index contributed by atoms with van der Waals surface area (Å²) in [4.78, 5) is 4.51. The van der Waals surface area contributed by atoms with Crippen LogP contribution in [-0.2, 0) is 13.0 Å². The van der Waals surface area contributed by atoms with E-state index in [1.54, 1.807) is 4.68 Å². The number of imidazole rings is 1. The van der Waals surface area contributed by atoms with Gasteiger partial charge in [-0.25, -0.2) is 9.67 Å². The molecule has 0 unspecified atom stereocenters. The van der Waals surface area contributed by atoms with Crippen molar-refractivity contribution in [3.8, 4) is 0 Å². The van der Waals surface area contributed by atoms with E-state index in [4.69, 9.17) is 17.3 Å². The zero-order chi connectivity index (χ0) is 13.4. The van der Waals surface area contributed by atoms with Gasteiger partial charge >= 0.3 is 0 Å². The topological polar surface area (TPSA) is 74.0 Å². The van der Waals surface area contributed by atoms with Gasteiger partial charge in [0.15, 0.2) is 5.82 Å².